The van der Waals surface area contributed by atoms with Gasteiger partial charge in [0.2, 0.25) is 5.95 Å². The lowest BCUT2D eigenvalue weighted by molar-refractivity contribution is 0.352. The molecule has 1 aliphatic rings. The van der Waals surface area contributed by atoms with E-state index < -0.39 is 0 Å². The fraction of sp³-hybridized carbons (Fsp3) is 0.300. The quantitative estimate of drug-likeness (QED) is 0.555. The number of aromatic amines is 1. The second kappa shape index (κ2) is 7.05. The summed E-state index contributed by atoms with van der Waals surface area (Å²) in [5.74, 6) is 0.519. The van der Waals surface area contributed by atoms with Gasteiger partial charge in [0.25, 0.3) is 5.56 Å². The summed E-state index contributed by atoms with van der Waals surface area (Å²) in [5.41, 5.74) is 1.76. The minimum atomic E-state index is -0.149. The number of H-pyrrole nitrogens is 1. The smallest absolute Gasteiger partial charge is 0.267 e. The van der Waals surface area contributed by atoms with Gasteiger partial charge in [-0.1, -0.05) is 18.2 Å². The van der Waals surface area contributed by atoms with Crippen LogP contribution >= 0.6 is 0 Å². The summed E-state index contributed by atoms with van der Waals surface area (Å²) >= 11 is 0. The number of pyridine rings is 1. The number of aromatic nitrogens is 5. The van der Waals surface area contributed by atoms with Crippen LogP contribution in [0.3, 0.4) is 0 Å². The van der Waals surface area contributed by atoms with Gasteiger partial charge < -0.3 is 10.2 Å². The zero-order chi connectivity index (χ0) is 18.9. The third-order valence-electron chi connectivity index (χ3n) is 5.23. The molecule has 8 nitrogen and oxygen atoms in total. The maximum absolute atomic E-state index is 13.1. The van der Waals surface area contributed by atoms with Crippen LogP contribution in [0.25, 0.3) is 27.6 Å². The van der Waals surface area contributed by atoms with Crippen LogP contribution < -0.4 is 10.9 Å². The Morgan fingerprint density at radius 2 is 1.93 bits per heavy atom. The lowest BCUT2D eigenvalue weighted by atomic mass is 10.2. The van der Waals surface area contributed by atoms with E-state index in [4.69, 9.17) is 0 Å². The van der Waals surface area contributed by atoms with Gasteiger partial charge in [-0.05, 0) is 38.1 Å². The molecule has 3 aromatic heterocycles. The van der Waals surface area contributed by atoms with Crippen molar-refractivity contribution >= 4 is 27.9 Å². The SMILES string of the molecule is O=c1c2c[nH]nc2c2cnc(NCCN3CCCC3)nc2n1-c1ccccc1. The van der Waals surface area contributed by atoms with E-state index in [1.807, 2.05) is 30.3 Å². The number of benzene rings is 1. The van der Waals surface area contributed by atoms with E-state index in [0.717, 1.165) is 37.3 Å². The van der Waals surface area contributed by atoms with E-state index in [1.165, 1.54) is 12.8 Å². The molecule has 0 radical (unpaired) electrons. The molecule has 1 saturated heterocycles. The fourth-order valence-corrected chi connectivity index (χ4v) is 3.82. The molecule has 4 aromatic rings. The van der Waals surface area contributed by atoms with Crippen LogP contribution in [0.15, 0.2) is 47.5 Å². The number of nitrogens with one attached hydrogen (secondary N) is 2. The van der Waals surface area contributed by atoms with Crippen LogP contribution in [0.4, 0.5) is 5.95 Å². The summed E-state index contributed by atoms with van der Waals surface area (Å²) in [6, 6.07) is 9.53. The van der Waals surface area contributed by atoms with Gasteiger partial charge in [0, 0.05) is 25.5 Å². The molecule has 8 heteroatoms. The number of rotatable bonds is 5. The molecule has 1 fully saturated rings. The molecule has 28 heavy (non-hydrogen) atoms. The lowest BCUT2D eigenvalue weighted by Gasteiger charge is -2.15. The first-order chi connectivity index (χ1) is 13.8. The molecular formula is C20H21N7O. The van der Waals surface area contributed by atoms with Crippen LogP contribution in [-0.2, 0) is 0 Å². The van der Waals surface area contributed by atoms with Crippen LogP contribution in [0.2, 0.25) is 0 Å². The second-order valence-corrected chi connectivity index (χ2v) is 7.03. The van der Waals surface area contributed by atoms with E-state index >= 15 is 0 Å². The molecule has 0 bridgehead atoms. The molecule has 0 atom stereocenters. The highest BCUT2D eigenvalue weighted by atomic mass is 16.1. The Bertz CT molecular complexity index is 1180. The van der Waals surface area contributed by atoms with Gasteiger partial charge in [-0.3, -0.25) is 14.5 Å². The normalized spacial score (nSPS) is 14.9. The Kier molecular flexibility index (Phi) is 4.25. The van der Waals surface area contributed by atoms with E-state index in [2.05, 4.69) is 30.4 Å². The Hall–Kier alpha value is -3.26. The van der Waals surface area contributed by atoms with Crippen molar-refractivity contribution in [2.75, 3.05) is 31.5 Å². The highest BCUT2D eigenvalue weighted by Crippen LogP contribution is 2.22. The minimum absolute atomic E-state index is 0.149. The van der Waals surface area contributed by atoms with Crippen molar-refractivity contribution in [2.24, 2.45) is 0 Å². The number of fused-ring (bicyclic) bond motifs is 3. The molecule has 0 spiro atoms. The van der Waals surface area contributed by atoms with Gasteiger partial charge in [-0.15, -0.1) is 0 Å². The molecular weight excluding hydrogens is 354 g/mol. The van der Waals surface area contributed by atoms with Gasteiger partial charge in [-0.25, -0.2) is 4.98 Å². The van der Waals surface area contributed by atoms with Crippen molar-refractivity contribution in [3.05, 3.63) is 53.1 Å². The maximum atomic E-state index is 13.1. The number of hydrogen-bond donors (Lipinski definition) is 2. The molecule has 2 N–H and O–H groups in total. The molecule has 4 heterocycles. The van der Waals surface area contributed by atoms with Gasteiger partial charge in [-0.2, -0.15) is 10.1 Å². The second-order valence-electron chi connectivity index (χ2n) is 7.03. The van der Waals surface area contributed by atoms with E-state index in [9.17, 15) is 4.79 Å². The largest absolute Gasteiger partial charge is 0.353 e. The first-order valence-corrected chi connectivity index (χ1v) is 9.58. The molecule has 0 unspecified atom stereocenters. The number of hydrogen-bond acceptors (Lipinski definition) is 6. The molecule has 1 aromatic carbocycles. The number of para-hydroxylation sites is 1. The molecule has 1 aliphatic heterocycles. The monoisotopic (exact) mass is 375 g/mol. The van der Waals surface area contributed by atoms with Crippen molar-refractivity contribution in [1.82, 2.24) is 29.6 Å². The predicted octanol–water partition coefficient (Wildman–Crippen LogP) is 2.16. The van der Waals surface area contributed by atoms with Crippen LogP contribution in [0.5, 0.6) is 0 Å². The summed E-state index contributed by atoms with van der Waals surface area (Å²) in [5, 5.41) is 11.6. The zero-order valence-corrected chi connectivity index (χ0v) is 15.4. The molecule has 0 aliphatic carbocycles. The maximum Gasteiger partial charge on any atom is 0.267 e. The zero-order valence-electron chi connectivity index (χ0n) is 15.4. The van der Waals surface area contributed by atoms with E-state index in [0.29, 0.717) is 22.5 Å². The van der Waals surface area contributed by atoms with Gasteiger partial charge in [0.15, 0.2) is 5.65 Å². The Labute approximate surface area is 161 Å². The summed E-state index contributed by atoms with van der Waals surface area (Å²) < 4.78 is 1.63. The van der Waals surface area contributed by atoms with Crippen LogP contribution in [0.1, 0.15) is 12.8 Å². The minimum Gasteiger partial charge on any atom is -0.353 e. The first-order valence-electron chi connectivity index (χ1n) is 9.58. The topological polar surface area (TPSA) is 91.7 Å². The molecule has 0 amide bonds. The average Bonchev–Trinajstić information content (AvgIpc) is 3.41. The third kappa shape index (κ3) is 2.91. The van der Waals surface area contributed by atoms with Gasteiger partial charge in [0.05, 0.1) is 16.5 Å². The third-order valence-corrected chi connectivity index (χ3v) is 5.23. The number of anilines is 1. The number of nitrogens with zero attached hydrogens (tertiary/aromatic N) is 5. The van der Waals surface area contributed by atoms with Gasteiger partial charge >= 0.3 is 0 Å². The van der Waals surface area contributed by atoms with Crippen molar-refractivity contribution in [3.63, 3.8) is 0 Å². The standard InChI is InChI=1S/C20H21N7O/c28-19-16-13-23-25-17(16)15-12-22-20(21-8-11-26-9-4-5-10-26)24-18(15)27(19)14-6-2-1-3-7-14/h1-3,6-7,12-13H,4-5,8-11H2,(H,23,25)(H,21,22,24). The van der Waals surface area contributed by atoms with Crippen LogP contribution in [-0.4, -0.2) is 55.8 Å². The summed E-state index contributed by atoms with van der Waals surface area (Å²) in [4.78, 5) is 24.7. The van der Waals surface area contributed by atoms with Crippen LogP contribution in [0, 0.1) is 0 Å². The van der Waals surface area contributed by atoms with Crippen molar-refractivity contribution in [2.45, 2.75) is 12.8 Å². The Morgan fingerprint density at radius 1 is 1.11 bits per heavy atom. The molecule has 142 valence electrons. The molecule has 5 rings (SSSR count). The summed E-state index contributed by atoms with van der Waals surface area (Å²) in [6.07, 6.45) is 5.91. The summed E-state index contributed by atoms with van der Waals surface area (Å²) in [6.45, 7) is 4.05. The van der Waals surface area contributed by atoms with E-state index in [-0.39, 0.29) is 5.56 Å². The summed E-state index contributed by atoms with van der Waals surface area (Å²) in [7, 11) is 0. The fourth-order valence-electron chi connectivity index (χ4n) is 3.82. The van der Waals surface area contributed by atoms with Crippen molar-refractivity contribution in [1.29, 1.82) is 0 Å². The highest BCUT2D eigenvalue weighted by Gasteiger charge is 2.16. The predicted molar refractivity (Wildman–Crippen MR) is 109 cm³/mol. The Balaban J connectivity index is 1.58. The van der Waals surface area contributed by atoms with Crippen molar-refractivity contribution in [3.8, 4) is 5.69 Å². The first kappa shape index (κ1) is 16.9. The average molecular weight is 375 g/mol. The lowest BCUT2D eigenvalue weighted by Crippen LogP contribution is -2.26. The van der Waals surface area contributed by atoms with Gasteiger partial charge in [0.1, 0.15) is 5.52 Å². The van der Waals surface area contributed by atoms with Crippen molar-refractivity contribution < 1.29 is 0 Å². The number of likely N-dealkylation sites (tertiary alicyclic amines) is 1. The molecule has 0 saturated carbocycles. The highest BCUT2D eigenvalue weighted by molar-refractivity contribution is 6.02. The Morgan fingerprint density at radius 3 is 2.75 bits per heavy atom. The van der Waals surface area contributed by atoms with E-state index in [1.54, 1.807) is 17.0 Å².